The second-order valence-corrected chi connectivity index (χ2v) is 6.89. The molecule has 1 rings (SSSR count). The van der Waals surface area contributed by atoms with E-state index in [1.54, 1.807) is 13.8 Å². The van der Waals surface area contributed by atoms with Crippen LogP contribution in [0.25, 0.3) is 0 Å². The van der Waals surface area contributed by atoms with Gasteiger partial charge in [0, 0.05) is 0 Å². The normalized spacial score (nSPS) is 15.2. The standard InChI is InChI=1S/C11H16Cl2N2O3S/c1-3-11(2,6-16)15-19(17,18)8-5-4-7(12)10(14)9(8)13/h4-5,15-16H,3,6,14H2,1-2H3. The van der Waals surface area contributed by atoms with Crippen molar-refractivity contribution < 1.29 is 13.5 Å². The maximum absolute atomic E-state index is 12.2. The van der Waals surface area contributed by atoms with Gasteiger partial charge in [-0.05, 0) is 25.5 Å². The fourth-order valence-corrected chi connectivity index (χ4v) is 3.59. The summed E-state index contributed by atoms with van der Waals surface area (Å²) < 4.78 is 26.9. The molecule has 0 bridgehead atoms. The predicted octanol–water partition coefficient (Wildman–Crippen LogP) is 2.01. The molecule has 8 heteroatoms. The first kappa shape index (κ1) is 16.5. The second kappa shape index (κ2) is 5.85. The number of hydrogen-bond donors (Lipinski definition) is 3. The zero-order valence-electron chi connectivity index (χ0n) is 10.6. The quantitative estimate of drug-likeness (QED) is 0.721. The molecule has 1 aromatic carbocycles. The van der Waals surface area contributed by atoms with Crippen molar-refractivity contribution in [2.24, 2.45) is 0 Å². The van der Waals surface area contributed by atoms with Crippen LogP contribution in [-0.4, -0.2) is 25.7 Å². The van der Waals surface area contributed by atoms with Gasteiger partial charge >= 0.3 is 0 Å². The Kier molecular flexibility index (Phi) is 5.08. The van der Waals surface area contributed by atoms with Gasteiger partial charge in [-0.1, -0.05) is 30.1 Å². The van der Waals surface area contributed by atoms with Crippen molar-refractivity contribution in [2.75, 3.05) is 12.3 Å². The third kappa shape index (κ3) is 3.52. The van der Waals surface area contributed by atoms with Crippen molar-refractivity contribution in [1.29, 1.82) is 0 Å². The van der Waals surface area contributed by atoms with Crippen molar-refractivity contribution >= 4 is 38.9 Å². The van der Waals surface area contributed by atoms with Crippen molar-refractivity contribution in [2.45, 2.75) is 30.7 Å². The molecule has 0 fully saturated rings. The maximum Gasteiger partial charge on any atom is 0.242 e. The summed E-state index contributed by atoms with van der Waals surface area (Å²) in [5.41, 5.74) is 4.65. The number of aliphatic hydroxyl groups is 1. The van der Waals surface area contributed by atoms with Gasteiger partial charge in [0.2, 0.25) is 10.0 Å². The molecule has 0 spiro atoms. The first-order valence-corrected chi connectivity index (χ1v) is 7.79. The lowest BCUT2D eigenvalue weighted by molar-refractivity contribution is 0.191. The Hall–Kier alpha value is -0.530. The lowest BCUT2D eigenvalue weighted by atomic mass is 10.0. The fourth-order valence-electron chi connectivity index (χ4n) is 1.35. The summed E-state index contributed by atoms with van der Waals surface area (Å²) in [7, 11) is -3.89. The van der Waals surface area contributed by atoms with Gasteiger partial charge in [-0.15, -0.1) is 0 Å². The number of benzene rings is 1. The van der Waals surface area contributed by atoms with Crippen LogP contribution in [-0.2, 0) is 10.0 Å². The van der Waals surface area contributed by atoms with Crippen LogP contribution in [0, 0.1) is 0 Å². The molecule has 0 aliphatic carbocycles. The Balaban J connectivity index is 3.26. The molecule has 0 radical (unpaired) electrons. The first-order valence-electron chi connectivity index (χ1n) is 5.55. The third-order valence-electron chi connectivity index (χ3n) is 2.89. The second-order valence-electron chi connectivity index (χ2n) is 4.45. The Labute approximate surface area is 122 Å². The molecule has 108 valence electrons. The number of nitrogens with one attached hydrogen (secondary N) is 1. The minimum atomic E-state index is -3.89. The number of halogens is 2. The number of nitrogens with two attached hydrogens (primary N) is 1. The third-order valence-corrected chi connectivity index (χ3v) is 5.42. The number of anilines is 1. The zero-order valence-corrected chi connectivity index (χ0v) is 12.9. The van der Waals surface area contributed by atoms with E-state index in [1.165, 1.54) is 12.1 Å². The van der Waals surface area contributed by atoms with Gasteiger partial charge in [0.25, 0.3) is 0 Å². The zero-order chi connectivity index (χ0) is 14.8. The van der Waals surface area contributed by atoms with E-state index in [9.17, 15) is 13.5 Å². The Morgan fingerprint density at radius 3 is 2.47 bits per heavy atom. The molecule has 1 unspecified atom stereocenters. The highest BCUT2D eigenvalue weighted by Gasteiger charge is 2.30. The fraction of sp³-hybridized carbons (Fsp3) is 0.455. The van der Waals surface area contributed by atoms with Gasteiger partial charge in [0.1, 0.15) is 4.90 Å². The van der Waals surface area contributed by atoms with Gasteiger partial charge in [0.15, 0.2) is 0 Å². The summed E-state index contributed by atoms with van der Waals surface area (Å²) in [6, 6.07) is 2.64. The molecule has 0 heterocycles. The Bertz CT molecular complexity index is 572. The van der Waals surface area contributed by atoms with E-state index in [0.717, 1.165) is 0 Å². The lowest BCUT2D eigenvalue weighted by Crippen LogP contribution is -2.48. The van der Waals surface area contributed by atoms with Crippen LogP contribution in [0.3, 0.4) is 0 Å². The molecular formula is C11H16Cl2N2O3S. The highest BCUT2D eigenvalue weighted by Crippen LogP contribution is 2.33. The largest absolute Gasteiger partial charge is 0.396 e. The molecule has 1 aromatic rings. The Morgan fingerprint density at radius 2 is 2.00 bits per heavy atom. The van der Waals surface area contributed by atoms with Gasteiger partial charge in [-0.3, -0.25) is 0 Å². The van der Waals surface area contributed by atoms with E-state index in [1.807, 2.05) is 0 Å². The lowest BCUT2D eigenvalue weighted by Gasteiger charge is -2.27. The van der Waals surface area contributed by atoms with E-state index in [2.05, 4.69) is 4.72 Å². The highest BCUT2D eigenvalue weighted by molar-refractivity contribution is 7.89. The monoisotopic (exact) mass is 326 g/mol. The van der Waals surface area contributed by atoms with E-state index < -0.39 is 15.6 Å². The molecule has 0 aliphatic heterocycles. The van der Waals surface area contributed by atoms with Crippen LogP contribution in [0.1, 0.15) is 20.3 Å². The molecule has 19 heavy (non-hydrogen) atoms. The van der Waals surface area contributed by atoms with Crippen molar-refractivity contribution in [1.82, 2.24) is 4.72 Å². The first-order chi connectivity index (χ1) is 8.67. The molecule has 5 nitrogen and oxygen atoms in total. The van der Waals surface area contributed by atoms with Crippen molar-refractivity contribution in [3.63, 3.8) is 0 Å². The average molecular weight is 327 g/mol. The average Bonchev–Trinajstić information content (AvgIpc) is 2.35. The Morgan fingerprint density at radius 1 is 1.42 bits per heavy atom. The molecule has 0 aliphatic rings. The number of nitrogen functional groups attached to an aromatic ring is 1. The van der Waals surface area contributed by atoms with Gasteiger partial charge in [-0.2, -0.15) is 0 Å². The topological polar surface area (TPSA) is 92.4 Å². The molecule has 0 saturated carbocycles. The van der Waals surface area contributed by atoms with Gasteiger partial charge in [0.05, 0.1) is 27.9 Å². The number of rotatable bonds is 5. The van der Waals surface area contributed by atoms with Gasteiger partial charge < -0.3 is 10.8 Å². The van der Waals surface area contributed by atoms with Gasteiger partial charge in [-0.25, -0.2) is 13.1 Å². The molecule has 1 atom stereocenters. The van der Waals surface area contributed by atoms with E-state index in [-0.39, 0.29) is 27.2 Å². The molecular weight excluding hydrogens is 311 g/mol. The number of aliphatic hydroxyl groups excluding tert-OH is 1. The smallest absolute Gasteiger partial charge is 0.242 e. The highest BCUT2D eigenvalue weighted by atomic mass is 35.5. The summed E-state index contributed by atoms with van der Waals surface area (Å²) in [6.45, 7) is 3.03. The SMILES string of the molecule is CCC(C)(CO)NS(=O)(=O)c1ccc(Cl)c(N)c1Cl. The molecule has 0 amide bonds. The predicted molar refractivity (Wildman–Crippen MR) is 77.0 cm³/mol. The van der Waals surface area contributed by atoms with Crippen LogP contribution >= 0.6 is 23.2 Å². The molecule has 4 N–H and O–H groups in total. The van der Waals surface area contributed by atoms with Crippen LogP contribution in [0.4, 0.5) is 5.69 Å². The number of hydrogen-bond acceptors (Lipinski definition) is 4. The summed E-state index contributed by atoms with van der Waals surface area (Å²) in [5, 5.41) is 9.31. The van der Waals surface area contributed by atoms with Crippen molar-refractivity contribution in [3.8, 4) is 0 Å². The minimum Gasteiger partial charge on any atom is -0.396 e. The van der Waals surface area contributed by atoms with Crippen LogP contribution in [0.2, 0.25) is 10.0 Å². The van der Waals surface area contributed by atoms with Crippen LogP contribution < -0.4 is 10.5 Å². The summed E-state index contributed by atoms with van der Waals surface area (Å²) in [5.74, 6) is 0. The van der Waals surface area contributed by atoms with Crippen LogP contribution in [0.15, 0.2) is 17.0 Å². The summed E-state index contributed by atoms with van der Waals surface area (Å²) in [4.78, 5) is -0.163. The summed E-state index contributed by atoms with van der Waals surface area (Å²) in [6.07, 6.45) is 0.420. The van der Waals surface area contributed by atoms with E-state index >= 15 is 0 Å². The van der Waals surface area contributed by atoms with Crippen LogP contribution in [0.5, 0.6) is 0 Å². The minimum absolute atomic E-state index is 0.00779. The van der Waals surface area contributed by atoms with E-state index in [4.69, 9.17) is 28.9 Å². The maximum atomic E-state index is 12.2. The number of sulfonamides is 1. The molecule has 0 saturated heterocycles. The molecule has 0 aromatic heterocycles. The van der Waals surface area contributed by atoms with Crippen molar-refractivity contribution in [3.05, 3.63) is 22.2 Å². The summed E-state index contributed by atoms with van der Waals surface area (Å²) >= 11 is 11.7. The van der Waals surface area contributed by atoms with E-state index in [0.29, 0.717) is 6.42 Å².